The molecule has 0 fully saturated rings. The van der Waals surface area contributed by atoms with Crippen LogP contribution in [0.2, 0.25) is 0 Å². The molecule has 29 heavy (non-hydrogen) atoms. The first-order valence-electron chi connectivity index (χ1n) is 8.33. The normalized spacial score (nSPS) is 11.3. The summed E-state index contributed by atoms with van der Waals surface area (Å²) in [6, 6.07) is 10.00. The highest BCUT2D eigenvalue weighted by atomic mass is 32.2. The predicted octanol–water partition coefficient (Wildman–Crippen LogP) is 2.92. The van der Waals surface area contributed by atoms with Gasteiger partial charge in [-0.1, -0.05) is 6.07 Å². The van der Waals surface area contributed by atoms with Crippen molar-refractivity contribution in [3.05, 3.63) is 66.0 Å². The molecule has 0 spiro atoms. The number of hydrogen-bond acceptors (Lipinski definition) is 6. The van der Waals surface area contributed by atoms with Crippen LogP contribution >= 0.6 is 0 Å². The van der Waals surface area contributed by atoms with Gasteiger partial charge in [0, 0.05) is 30.5 Å². The second kappa shape index (κ2) is 8.50. The van der Waals surface area contributed by atoms with E-state index >= 15 is 0 Å². The van der Waals surface area contributed by atoms with Crippen LogP contribution in [0.1, 0.15) is 5.69 Å². The Kier molecular flexibility index (Phi) is 6.04. The number of benzene rings is 1. The lowest BCUT2D eigenvalue weighted by atomic mass is 10.2. The lowest BCUT2D eigenvalue weighted by Gasteiger charge is -2.11. The Balaban J connectivity index is 1.89. The third-order valence-corrected chi connectivity index (χ3v) is 5.39. The molecule has 0 amide bonds. The van der Waals surface area contributed by atoms with E-state index in [0.717, 1.165) is 12.1 Å². The standard InChI is InChI=1S/C19H17F2N3O4S/c1-27-13-7-12(24-18(10-13)17-5-3-4-6-22-17)11-23-29(25,26)19-15(20)8-14(28-2)9-16(19)21/h3-10,23H,11H2,1-2H3. The van der Waals surface area contributed by atoms with E-state index in [4.69, 9.17) is 9.47 Å². The number of nitrogens with zero attached hydrogens (tertiary/aromatic N) is 2. The lowest BCUT2D eigenvalue weighted by Crippen LogP contribution is -2.26. The second-order valence-corrected chi connectivity index (χ2v) is 7.55. The van der Waals surface area contributed by atoms with Gasteiger partial charge >= 0.3 is 0 Å². The SMILES string of the molecule is COc1cc(CNS(=O)(=O)c2c(F)cc(OC)cc2F)nc(-c2ccccn2)c1. The van der Waals surface area contributed by atoms with Crippen LogP contribution in [0.4, 0.5) is 8.78 Å². The van der Waals surface area contributed by atoms with Crippen LogP contribution in [-0.4, -0.2) is 32.6 Å². The molecule has 0 saturated carbocycles. The zero-order valence-electron chi connectivity index (χ0n) is 15.5. The highest BCUT2D eigenvalue weighted by Crippen LogP contribution is 2.25. The van der Waals surface area contributed by atoms with Crippen molar-refractivity contribution in [3.8, 4) is 22.9 Å². The summed E-state index contributed by atoms with van der Waals surface area (Å²) >= 11 is 0. The van der Waals surface area contributed by atoms with Gasteiger partial charge in [-0.2, -0.15) is 0 Å². The van der Waals surface area contributed by atoms with Gasteiger partial charge in [-0.3, -0.25) is 4.98 Å². The summed E-state index contributed by atoms with van der Waals surface area (Å²) < 4.78 is 65.3. The van der Waals surface area contributed by atoms with Gasteiger partial charge in [-0.25, -0.2) is 26.9 Å². The smallest absolute Gasteiger partial charge is 0.246 e. The maximum absolute atomic E-state index is 14.1. The molecule has 1 aromatic carbocycles. The minimum atomic E-state index is -4.49. The Morgan fingerprint density at radius 2 is 1.62 bits per heavy atom. The fraction of sp³-hybridized carbons (Fsp3) is 0.158. The molecule has 152 valence electrons. The van der Waals surface area contributed by atoms with Gasteiger partial charge in [-0.05, 0) is 12.1 Å². The average Bonchev–Trinajstić information content (AvgIpc) is 2.72. The zero-order chi connectivity index (χ0) is 21.0. The molecule has 2 heterocycles. The number of pyridine rings is 2. The maximum Gasteiger partial charge on any atom is 0.246 e. The second-order valence-electron chi connectivity index (χ2n) is 5.84. The fourth-order valence-electron chi connectivity index (χ4n) is 2.57. The Bertz CT molecular complexity index is 1100. The van der Waals surface area contributed by atoms with Crippen LogP contribution in [0.3, 0.4) is 0 Å². The van der Waals surface area contributed by atoms with E-state index in [2.05, 4.69) is 14.7 Å². The summed E-state index contributed by atoms with van der Waals surface area (Å²) in [6.45, 7) is -0.315. The van der Waals surface area contributed by atoms with E-state index in [1.54, 1.807) is 30.5 Å². The minimum Gasteiger partial charge on any atom is -0.497 e. The van der Waals surface area contributed by atoms with Crippen molar-refractivity contribution in [1.82, 2.24) is 14.7 Å². The Morgan fingerprint density at radius 3 is 2.21 bits per heavy atom. The van der Waals surface area contributed by atoms with Gasteiger partial charge in [0.15, 0.2) is 4.90 Å². The number of sulfonamides is 1. The predicted molar refractivity (Wildman–Crippen MR) is 101 cm³/mol. The van der Waals surface area contributed by atoms with Crippen molar-refractivity contribution in [2.45, 2.75) is 11.4 Å². The van der Waals surface area contributed by atoms with E-state index in [1.807, 2.05) is 0 Å². The molecule has 0 radical (unpaired) electrons. The van der Waals surface area contributed by atoms with Gasteiger partial charge in [0.1, 0.15) is 23.1 Å². The molecular formula is C19H17F2N3O4S. The first-order valence-corrected chi connectivity index (χ1v) is 9.81. The van der Waals surface area contributed by atoms with Crippen molar-refractivity contribution in [3.63, 3.8) is 0 Å². The summed E-state index contributed by atoms with van der Waals surface area (Å²) in [5, 5.41) is 0. The van der Waals surface area contributed by atoms with Crippen molar-refractivity contribution >= 4 is 10.0 Å². The Morgan fingerprint density at radius 1 is 0.966 bits per heavy atom. The van der Waals surface area contributed by atoms with Crippen LogP contribution in [-0.2, 0) is 16.6 Å². The zero-order valence-corrected chi connectivity index (χ0v) is 16.3. The van der Waals surface area contributed by atoms with Crippen molar-refractivity contribution in [2.24, 2.45) is 0 Å². The molecule has 1 N–H and O–H groups in total. The van der Waals surface area contributed by atoms with Gasteiger partial charge in [0.25, 0.3) is 0 Å². The molecule has 7 nitrogen and oxygen atoms in total. The quantitative estimate of drug-likeness (QED) is 0.631. The van der Waals surface area contributed by atoms with E-state index in [-0.39, 0.29) is 18.0 Å². The van der Waals surface area contributed by atoms with Crippen LogP contribution in [0, 0.1) is 11.6 Å². The summed E-state index contributed by atoms with van der Waals surface area (Å²) in [7, 11) is -1.83. The molecule has 3 aromatic rings. The van der Waals surface area contributed by atoms with Gasteiger partial charge in [-0.15, -0.1) is 0 Å². The number of ether oxygens (including phenoxy) is 2. The van der Waals surface area contributed by atoms with Crippen LogP contribution in [0.5, 0.6) is 11.5 Å². The van der Waals surface area contributed by atoms with E-state index in [9.17, 15) is 17.2 Å². The third-order valence-electron chi connectivity index (χ3n) is 3.93. The maximum atomic E-state index is 14.1. The number of methoxy groups -OCH3 is 2. The highest BCUT2D eigenvalue weighted by molar-refractivity contribution is 7.89. The lowest BCUT2D eigenvalue weighted by molar-refractivity contribution is 0.402. The first-order chi connectivity index (χ1) is 13.8. The molecule has 0 aliphatic rings. The highest BCUT2D eigenvalue weighted by Gasteiger charge is 2.25. The van der Waals surface area contributed by atoms with E-state index < -0.39 is 26.6 Å². The molecule has 0 atom stereocenters. The molecule has 0 saturated heterocycles. The van der Waals surface area contributed by atoms with Gasteiger partial charge in [0.05, 0.1) is 37.8 Å². The summed E-state index contributed by atoms with van der Waals surface area (Å²) in [4.78, 5) is 7.45. The van der Waals surface area contributed by atoms with Gasteiger partial charge < -0.3 is 9.47 Å². The molecular weight excluding hydrogens is 404 g/mol. The minimum absolute atomic E-state index is 0.131. The number of rotatable bonds is 7. The van der Waals surface area contributed by atoms with E-state index in [0.29, 0.717) is 17.1 Å². The fourth-order valence-corrected chi connectivity index (χ4v) is 3.68. The summed E-state index contributed by atoms with van der Waals surface area (Å²) in [5.74, 6) is -2.23. The van der Waals surface area contributed by atoms with Crippen molar-refractivity contribution < 1.29 is 26.7 Å². The van der Waals surface area contributed by atoms with Crippen molar-refractivity contribution in [1.29, 1.82) is 0 Å². The summed E-state index contributed by atoms with van der Waals surface area (Å²) in [5.41, 5.74) is 1.30. The van der Waals surface area contributed by atoms with Crippen molar-refractivity contribution in [2.75, 3.05) is 14.2 Å². The topological polar surface area (TPSA) is 90.4 Å². The number of hydrogen-bond donors (Lipinski definition) is 1. The molecule has 2 aromatic heterocycles. The average molecular weight is 421 g/mol. The van der Waals surface area contributed by atoms with Gasteiger partial charge in [0.2, 0.25) is 10.0 Å². The first kappa shape index (κ1) is 20.6. The molecule has 0 aliphatic heterocycles. The number of nitrogens with one attached hydrogen (secondary N) is 1. The van der Waals surface area contributed by atoms with Crippen LogP contribution in [0.25, 0.3) is 11.4 Å². The Hall–Kier alpha value is -3.11. The molecule has 3 rings (SSSR count). The molecule has 0 aliphatic carbocycles. The number of aromatic nitrogens is 2. The molecule has 10 heteroatoms. The Labute approximate surface area is 166 Å². The monoisotopic (exact) mass is 421 g/mol. The largest absolute Gasteiger partial charge is 0.497 e. The number of halogens is 2. The third kappa shape index (κ3) is 4.66. The van der Waals surface area contributed by atoms with Crippen LogP contribution < -0.4 is 14.2 Å². The summed E-state index contributed by atoms with van der Waals surface area (Å²) in [6.07, 6.45) is 1.59. The molecule has 0 bridgehead atoms. The van der Waals surface area contributed by atoms with E-state index in [1.165, 1.54) is 20.3 Å². The van der Waals surface area contributed by atoms with Crippen LogP contribution in [0.15, 0.2) is 53.6 Å². The molecule has 0 unspecified atom stereocenters.